The molecule has 52 heavy (non-hydrogen) atoms. The number of halogens is 1. The largest absolute Gasteiger partial charge is 0.489 e. The molecule has 0 aliphatic rings. The Morgan fingerprint density at radius 1 is 0.615 bits per heavy atom. The Kier molecular flexibility index (Phi) is 11.7. The van der Waals surface area contributed by atoms with Gasteiger partial charge in [-0.1, -0.05) is 155 Å². The number of ether oxygens (including phenoxy) is 2. The summed E-state index contributed by atoms with van der Waals surface area (Å²) in [6.45, 7) is 0.768. The minimum absolute atomic E-state index is 0.317. The maximum Gasteiger partial charge on any atom is 0.489 e. The maximum absolute atomic E-state index is 12.2. The Hall–Kier alpha value is -5.80. The van der Waals surface area contributed by atoms with Crippen molar-refractivity contribution >= 4 is 84.0 Å². The van der Waals surface area contributed by atoms with E-state index in [0.29, 0.717) is 24.1 Å². The van der Waals surface area contributed by atoms with E-state index in [0.717, 1.165) is 53.5 Å². The fourth-order valence-electron chi connectivity index (χ4n) is 6.32. The van der Waals surface area contributed by atoms with Crippen LogP contribution >= 0.6 is 15.9 Å². The van der Waals surface area contributed by atoms with Crippen molar-refractivity contribution in [3.63, 3.8) is 0 Å². The molecule has 6 nitrogen and oxygen atoms in total. The summed E-state index contributed by atoms with van der Waals surface area (Å²) in [5.74, 6) is -0.317. The number of methoxy groups -OCH3 is 1. The van der Waals surface area contributed by atoms with Crippen LogP contribution in [0.2, 0.25) is 0 Å². The van der Waals surface area contributed by atoms with Crippen LogP contribution in [-0.4, -0.2) is 36.7 Å². The lowest BCUT2D eigenvalue weighted by Gasteiger charge is -2.13. The van der Waals surface area contributed by atoms with Crippen molar-refractivity contribution in [1.82, 2.24) is 0 Å². The monoisotopic (exact) mass is 748 g/mol. The average Bonchev–Trinajstić information content (AvgIpc) is 3.20. The van der Waals surface area contributed by atoms with Crippen LogP contribution in [0.4, 0.5) is 0 Å². The number of rotatable bonds is 6. The molecule has 0 amide bonds. The van der Waals surface area contributed by atoms with Gasteiger partial charge in [0, 0.05) is 10.0 Å². The quantitative estimate of drug-likeness (QED) is 0.0763. The summed E-state index contributed by atoms with van der Waals surface area (Å²) < 4.78 is 10.5. The third-order valence-corrected chi connectivity index (χ3v) is 9.51. The van der Waals surface area contributed by atoms with Gasteiger partial charge < -0.3 is 19.5 Å². The van der Waals surface area contributed by atoms with E-state index in [2.05, 4.69) is 57.1 Å². The zero-order chi connectivity index (χ0) is 36.5. The molecular weight excluding hydrogens is 715 g/mol. The zero-order valence-electron chi connectivity index (χ0n) is 28.3. The van der Waals surface area contributed by atoms with Gasteiger partial charge in [0.2, 0.25) is 0 Å². The highest BCUT2D eigenvalue weighted by Gasteiger charge is 2.17. The van der Waals surface area contributed by atoms with Crippen molar-refractivity contribution in [3.05, 3.63) is 173 Å². The van der Waals surface area contributed by atoms with Crippen LogP contribution < -0.4 is 5.46 Å². The molecule has 0 fully saturated rings. The highest BCUT2D eigenvalue weighted by Crippen LogP contribution is 2.36. The predicted octanol–water partition coefficient (Wildman–Crippen LogP) is 9.24. The Labute approximate surface area is 310 Å². The molecule has 0 saturated heterocycles. The summed E-state index contributed by atoms with van der Waals surface area (Å²) in [7, 11) is -0.0260. The first-order valence-corrected chi connectivity index (χ1v) is 17.3. The molecule has 0 aromatic heterocycles. The number of esters is 1. The summed E-state index contributed by atoms with van der Waals surface area (Å²) in [4.78, 5) is 22.0. The number of hydrogen-bond donors (Lipinski definition) is 2. The third-order valence-electron chi connectivity index (χ3n) is 8.73. The molecule has 0 radical (unpaired) electrons. The standard InChI is InChI=1S/C22H16O2.C14H11BO2.C8H7BrO2/c1-24-22(23)20-13-7-6-12-19(20)21-14-15-8-2-3-9-16(15)17-10-4-5-11-18(17)21;16-15(17)14-9-10-5-1-2-6-11(10)12-7-3-4-8-13(12)14;9-8-4-2-1-3-7(8)5-11-6-10/h2-14H,1H3;1-9,16-17H;1-4,6H,5H2. The van der Waals surface area contributed by atoms with Crippen molar-refractivity contribution < 1.29 is 29.1 Å². The molecule has 0 atom stereocenters. The van der Waals surface area contributed by atoms with Gasteiger partial charge in [-0.3, -0.25) is 4.79 Å². The van der Waals surface area contributed by atoms with E-state index < -0.39 is 7.12 Å². The molecule has 0 saturated carbocycles. The van der Waals surface area contributed by atoms with Crippen molar-refractivity contribution in [2.75, 3.05) is 7.11 Å². The second kappa shape index (κ2) is 16.9. The fraction of sp³-hybridized carbons (Fsp3) is 0.0455. The maximum atomic E-state index is 12.2. The van der Waals surface area contributed by atoms with Crippen molar-refractivity contribution in [1.29, 1.82) is 0 Å². The Morgan fingerprint density at radius 3 is 1.73 bits per heavy atom. The molecule has 0 unspecified atom stereocenters. The molecule has 8 rings (SSSR count). The fourth-order valence-corrected chi connectivity index (χ4v) is 6.72. The van der Waals surface area contributed by atoms with Crippen LogP contribution in [0.15, 0.2) is 162 Å². The normalized spacial score (nSPS) is 10.5. The summed E-state index contributed by atoms with van der Waals surface area (Å²) >= 11 is 3.33. The predicted molar refractivity (Wildman–Crippen MR) is 215 cm³/mol. The molecule has 0 aliphatic carbocycles. The average molecular weight is 749 g/mol. The van der Waals surface area contributed by atoms with Crippen molar-refractivity contribution in [3.8, 4) is 11.1 Å². The van der Waals surface area contributed by atoms with Gasteiger partial charge in [-0.25, -0.2) is 4.79 Å². The van der Waals surface area contributed by atoms with E-state index in [1.807, 2.05) is 121 Å². The SMILES string of the molecule is COC(=O)c1ccccc1-c1cc2ccccc2c2ccccc12.O=COCc1ccccc1Br.OB(O)c1cc2ccccc2c2ccccc12. The van der Waals surface area contributed by atoms with Gasteiger partial charge in [0.15, 0.2) is 0 Å². The number of fused-ring (bicyclic) bond motifs is 6. The van der Waals surface area contributed by atoms with Gasteiger partial charge >= 0.3 is 13.1 Å². The van der Waals surface area contributed by atoms with E-state index in [-0.39, 0.29) is 5.97 Å². The number of benzene rings is 8. The van der Waals surface area contributed by atoms with E-state index in [9.17, 15) is 19.6 Å². The van der Waals surface area contributed by atoms with Gasteiger partial charge in [-0.05, 0) is 77.9 Å². The molecule has 8 aromatic rings. The Balaban J connectivity index is 0.000000145. The second-order valence-corrected chi connectivity index (χ2v) is 12.7. The number of hydrogen-bond acceptors (Lipinski definition) is 6. The molecule has 0 aliphatic heterocycles. The molecule has 8 aromatic carbocycles. The third kappa shape index (κ3) is 7.90. The molecule has 8 heteroatoms. The summed E-state index contributed by atoms with van der Waals surface area (Å²) in [5, 5.41) is 27.7. The van der Waals surface area contributed by atoms with E-state index in [1.165, 1.54) is 17.9 Å². The summed E-state index contributed by atoms with van der Waals surface area (Å²) in [5.41, 5.74) is 4.05. The first kappa shape index (κ1) is 36.0. The lowest BCUT2D eigenvalue weighted by Crippen LogP contribution is -2.30. The van der Waals surface area contributed by atoms with Crippen LogP contribution in [0, 0.1) is 0 Å². The van der Waals surface area contributed by atoms with E-state index in [1.54, 1.807) is 0 Å². The highest BCUT2D eigenvalue weighted by atomic mass is 79.9. The minimum Gasteiger partial charge on any atom is -0.465 e. The van der Waals surface area contributed by atoms with Gasteiger partial charge in [-0.2, -0.15) is 0 Å². The van der Waals surface area contributed by atoms with Crippen LogP contribution in [0.5, 0.6) is 0 Å². The van der Waals surface area contributed by atoms with E-state index in [4.69, 9.17) is 4.74 Å². The van der Waals surface area contributed by atoms with Crippen molar-refractivity contribution in [2.45, 2.75) is 6.61 Å². The van der Waals surface area contributed by atoms with Gasteiger partial charge in [0.25, 0.3) is 6.47 Å². The summed E-state index contributed by atoms with van der Waals surface area (Å²) in [6, 6.07) is 51.6. The topological polar surface area (TPSA) is 93.1 Å². The highest BCUT2D eigenvalue weighted by molar-refractivity contribution is 9.10. The van der Waals surface area contributed by atoms with Crippen LogP contribution in [-0.2, 0) is 20.9 Å². The molecule has 0 heterocycles. The van der Waals surface area contributed by atoms with Gasteiger partial charge in [-0.15, -0.1) is 0 Å². The minimum atomic E-state index is -1.44. The Bertz CT molecular complexity index is 2510. The van der Waals surface area contributed by atoms with Crippen LogP contribution in [0.3, 0.4) is 0 Å². The lowest BCUT2D eigenvalue weighted by molar-refractivity contribution is -0.129. The molecule has 256 valence electrons. The summed E-state index contributed by atoms with van der Waals surface area (Å²) in [6.07, 6.45) is 0. The number of carbonyl (C=O) groups is 2. The number of carbonyl (C=O) groups excluding carboxylic acids is 2. The van der Waals surface area contributed by atoms with Crippen molar-refractivity contribution in [2.24, 2.45) is 0 Å². The van der Waals surface area contributed by atoms with Crippen LogP contribution in [0.25, 0.3) is 54.2 Å². The molecular formula is C44H34BBrO6. The lowest BCUT2D eigenvalue weighted by atomic mass is 9.76. The van der Waals surface area contributed by atoms with Gasteiger partial charge in [0.05, 0.1) is 12.7 Å². The first-order chi connectivity index (χ1) is 25.4. The Morgan fingerprint density at radius 2 is 1.12 bits per heavy atom. The zero-order valence-corrected chi connectivity index (χ0v) is 29.9. The molecule has 0 spiro atoms. The van der Waals surface area contributed by atoms with Crippen LogP contribution in [0.1, 0.15) is 15.9 Å². The van der Waals surface area contributed by atoms with E-state index >= 15 is 0 Å². The van der Waals surface area contributed by atoms with Gasteiger partial charge in [0.1, 0.15) is 6.61 Å². The first-order valence-electron chi connectivity index (χ1n) is 16.5. The smallest absolute Gasteiger partial charge is 0.465 e. The molecule has 2 N–H and O–H groups in total. The second-order valence-electron chi connectivity index (χ2n) is 11.8. The molecule has 0 bridgehead atoms.